The maximum absolute atomic E-state index is 12.4. The van der Waals surface area contributed by atoms with Crippen LogP contribution in [0, 0.1) is 0 Å². The Morgan fingerprint density at radius 3 is 2.86 bits per heavy atom. The molecule has 1 atom stereocenters. The number of hydrogen-bond donors (Lipinski definition) is 0. The van der Waals surface area contributed by atoms with Crippen LogP contribution in [-0.4, -0.2) is 33.9 Å². The Kier molecular flexibility index (Phi) is 4.24. The number of rotatable bonds is 3. The Labute approximate surface area is 124 Å². The summed E-state index contributed by atoms with van der Waals surface area (Å²) in [4.78, 5) is 22.7. The molecule has 0 aliphatic carbocycles. The van der Waals surface area contributed by atoms with E-state index in [4.69, 9.17) is 0 Å². The van der Waals surface area contributed by atoms with Crippen molar-refractivity contribution >= 4 is 5.91 Å². The lowest BCUT2D eigenvalue weighted by molar-refractivity contribution is -0.131. The third-order valence-corrected chi connectivity index (χ3v) is 4.00. The van der Waals surface area contributed by atoms with Crippen molar-refractivity contribution in [3.63, 3.8) is 0 Å². The maximum atomic E-state index is 12.4. The van der Waals surface area contributed by atoms with Crippen molar-refractivity contribution in [2.45, 2.75) is 25.2 Å². The van der Waals surface area contributed by atoms with Crippen LogP contribution in [0.3, 0.4) is 0 Å². The second kappa shape index (κ2) is 6.48. The average molecular weight is 281 g/mol. The van der Waals surface area contributed by atoms with Crippen LogP contribution in [0.15, 0.2) is 48.9 Å². The van der Waals surface area contributed by atoms with Gasteiger partial charge in [-0.05, 0) is 24.5 Å². The Hall–Kier alpha value is -2.23. The summed E-state index contributed by atoms with van der Waals surface area (Å²) in [7, 11) is 0. The van der Waals surface area contributed by atoms with E-state index in [-0.39, 0.29) is 5.91 Å². The third-order valence-electron chi connectivity index (χ3n) is 4.00. The molecule has 0 radical (unpaired) electrons. The van der Waals surface area contributed by atoms with Crippen LogP contribution in [-0.2, 0) is 11.2 Å². The number of hydrogen-bond acceptors (Lipinski definition) is 3. The number of benzene rings is 1. The molecule has 0 N–H and O–H groups in total. The second-order valence-corrected chi connectivity index (χ2v) is 5.48. The van der Waals surface area contributed by atoms with E-state index >= 15 is 0 Å². The first kappa shape index (κ1) is 13.7. The molecule has 1 saturated heterocycles. The van der Waals surface area contributed by atoms with Crippen molar-refractivity contribution < 1.29 is 4.79 Å². The van der Waals surface area contributed by atoms with Gasteiger partial charge in [0.25, 0.3) is 0 Å². The molecule has 21 heavy (non-hydrogen) atoms. The number of nitrogens with zero attached hydrogens (tertiary/aromatic N) is 3. The van der Waals surface area contributed by atoms with E-state index in [0.29, 0.717) is 12.3 Å². The molecule has 1 aliphatic heterocycles. The van der Waals surface area contributed by atoms with Crippen LogP contribution >= 0.6 is 0 Å². The van der Waals surface area contributed by atoms with E-state index in [1.54, 1.807) is 12.5 Å². The van der Waals surface area contributed by atoms with E-state index in [1.165, 1.54) is 0 Å². The monoisotopic (exact) mass is 281 g/mol. The molecule has 1 amide bonds. The largest absolute Gasteiger partial charge is 0.342 e. The van der Waals surface area contributed by atoms with Crippen LogP contribution in [0.2, 0.25) is 0 Å². The van der Waals surface area contributed by atoms with E-state index in [9.17, 15) is 4.79 Å². The van der Waals surface area contributed by atoms with Crippen LogP contribution < -0.4 is 0 Å². The summed E-state index contributed by atoms with van der Waals surface area (Å²) in [6, 6.07) is 11.9. The molecular formula is C17H19N3O. The van der Waals surface area contributed by atoms with Gasteiger partial charge in [-0.15, -0.1) is 0 Å². The Morgan fingerprint density at radius 1 is 1.24 bits per heavy atom. The van der Waals surface area contributed by atoms with Crippen LogP contribution in [0.4, 0.5) is 0 Å². The zero-order chi connectivity index (χ0) is 14.5. The number of carbonyl (C=O) groups is 1. The quantitative estimate of drug-likeness (QED) is 0.868. The van der Waals surface area contributed by atoms with Crippen LogP contribution in [0.5, 0.6) is 0 Å². The summed E-state index contributed by atoms with van der Waals surface area (Å²) in [5, 5.41) is 0. The summed E-state index contributed by atoms with van der Waals surface area (Å²) in [6.07, 6.45) is 5.96. The molecule has 2 heterocycles. The van der Waals surface area contributed by atoms with Gasteiger partial charge in [-0.1, -0.05) is 30.3 Å². The van der Waals surface area contributed by atoms with Gasteiger partial charge >= 0.3 is 0 Å². The molecule has 4 heteroatoms. The highest BCUT2D eigenvalue weighted by Crippen LogP contribution is 2.25. The minimum absolute atomic E-state index is 0.208. The van der Waals surface area contributed by atoms with Gasteiger partial charge in [0.15, 0.2) is 0 Å². The van der Waals surface area contributed by atoms with Gasteiger partial charge in [0.05, 0.1) is 6.42 Å². The molecule has 1 aromatic carbocycles. The Bertz CT molecular complexity index is 585. The number of piperidine rings is 1. The molecule has 1 aliphatic rings. The second-order valence-electron chi connectivity index (χ2n) is 5.48. The zero-order valence-electron chi connectivity index (χ0n) is 12.0. The number of amides is 1. The normalized spacial score (nSPS) is 18.5. The van der Waals surface area contributed by atoms with Crippen molar-refractivity contribution in [3.8, 4) is 0 Å². The van der Waals surface area contributed by atoms with Crippen LogP contribution in [0.1, 0.15) is 30.0 Å². The number of aromatic nitrogens is 2. The molecule has 108 valence electrons. The van der Waals surface area contributed by atoms with Gasteiger partial charge in [-0.25, -0.2) is 9.97 Å². The van der Waals surface area contributed by atoms with Gasteiger partial charge in [-0.3, -0.25) is 4.79 Å². The highest BCUT2D eigenvalue weighted by molar-refractivity contribution is 5.78. The molecule has 3 rings (SSSR count). The smallest absolute Gasteiger partial charge is 0.227 e. The lowest BCUT2D eigenvalue weighted by Crippen LogP contribution is -2.40. The minimum Gasteiger partial charge on any atom is -0.342 e. The van der Waals surface area contributed by atoms with E-state index in [1.807, 2.05) is 41.3 Å². The Balaban J connectivity index is 1.64. The molecular weight excluding hydrogens is 262 g/mol. The molecule has 1 aromatic heterocycles. The van der Waals surface area contributed by atoms with Crippen LogP contribution in [0.25, 0.3) is 0 Å². The number of likely N-dealkylation sites (tertiary alicyclic amines) is 1. The standard InChI is InChI=1S/C17H19N3O/c21-17(11-14-5-2-1-3-6-14)20-10-4-7-15(12-20)16-8-9-18-13-19-16/h1-3,5-6,8-9,13,15H,4,7,10-12H2/t15-/m0/s1. The van der Waals surface area contributed by atoms with Crippen molar-refractivity contribution in [1.29, 1.82) is 0 Å². The predicted molar refractivity (Wildman–Crippen MR) is 80.7 cm³/mol. The predicted octanol–water partition coefficient (Wildman–Crippen LogP) is 2.43. The van der Waals surface area contributed by atoms with E-state index in [2.05, 4.69) is 9.97 Å². The zero-order valence-corrected chi connectivity index (χ0v) is 12.0. The molecule has 0 saturated carbocycles. The first-order chi connectivity index (χ1) is 10.3. The maximum Gasteiger partial charge on any atom is 0.227 e. The Morgan fingerprint density at radius 2 is 2.10 bits per heavy atom. The molecule has 0 unspecified atom stereocenters. The van der Waals surface area contributed by atoms with Gasteiger partial charge in [0.1, 0.15) is 6.33 Å². The lowest BCUT2D eigenvalue weighted by atomic mass is 9.94. The van der Waals surface area contributed by atoms with E-state index < -0.39 is 0 Å². The molecule has 4 nitrogen and oxygen atoms in total. The van der Waals surface area contributed by atoms with Crippen molar-refractivity contribution in [2.75, 3.05) is 13.1 Å². The molecule has 2 aromatic rings. The number of carbonyl (C=O) groups excluding carboxylic acids is 1. The van der Waals surface area contributed by atoms with Gasteiger partial charge in [-0.2, -0.15) is 0 Å². The molecule has 0 bridgehead atoms. The minimum atomic E-state index is 0.208. The fraction of sp³-hybridized carbons (Fsp3) is 0.353. The van der Waals surface area contributed by atoms with Crippen molar-refractivity contribution in [1.82, 2.24) is 14.9 Å². The lowest BCUT2D eigenvalue weighted by Gasteiger charge is -2.32. The molecule has 0 spiro atoms. The van der Waals surface area contributed by atoms with Gasteiger partial charge in [0, 0.05) is 30.9 Å². The topological polar surface area (TPSA) is 46.1 Å². The summed E-state index contributed by atoms with van der Waals surface area (Å²) in [5.74, 6) is 0.543. The summed E-state index contributed by atoms with van der Waals surface area (Å²) >= 11 is 0. The van der Waals surface area contributed by atoms with Gasteiger partial charge in [0.2, 0.25) is 5.91 Å². The molecule has 1 fully saturated rings. The first-order valence-electron chi connectivity index (χ1n) is 7.40. The summed E-state index contributed by atoms with van der Waals surface area (Å²) in [5.41, 5.74) is 2.12. The average Bonchev–Trinajstić information content (AvgIpc) is 2.57. The summed E-state index contributed by atoms with van der Waals surface area (Å²) in [6.45, 7) is 1.62. The van der Waals surface area contributed by atoms with E-state index in [0.717, 1.165) is 37.2 Å². The van der Waals surface area contributed by atoms with Crippen molar-refractivity contribution in [2.24, 2.45) is 0 Å². The fourth-order valence-electron chi connectivity index (χ4n) is 2.87. The van der Waals surface area contributed by atoms with Crippen molar-refractivity contribution in [3.05, 3.63) is 60.2 Å². The summed E-state index contributed by atoms with van der Waals surface area (Å²) < 4.78 is 0. The third kappa shape index (κ3) is 3.45. The fourth-order valence-corrected chi connectivity index (χ4v) is 2.87. The SMILES string of the molecule is O=C(Cc1ccccc1)N1CCC[C@H](c2ccncn2)C1. The highest BCUT2D eigenvalue weighted by Gasteiger charge is 2.25. The highest BCUT2D eigenvalue weighted by atomic mass is 16.2. The van der Waals surface area contributed by atoms with Gasteiger partial charge < -0.3 is 4.90 Å². The first-order valence-corrected chi connectivity index (χ1v) is 7.40.